The second-order valence-electron chi connectivity index (χ2n) is 6.94. The lowest BCUT2D eigenvalue weighted by Gasteiger charge is -2.16. The Kier molecular flexibility index (Phi) is 6.04. The van der Waals surface area contributed by atoms with Crippen LogP contribution >= 0.6 is 0 Å². The Morgan fingerprint density at radius 1 is 1.07 bits per heavy atom. The van der Waals surface area contributed by atoms with E-state index in [0.29, 0.717) is 18.4 Å². The Morgan fingerprint density at radius 2 is 1.79 bits per heavy atom. The van der Waals surface area contributed by atoms with E-state index in [-0.39, 0.29) is 18.1 Å². The van der Waals surface area contributed by atoms with Crippen molar-refractivity contribution in [2.75, 3.05) is 0 Å². The van der Waals surface area contributed by atoms with Gasteiger partial charge in [-0.1, -0.05) is 55.5 Å². The summed E-state index contributed by atoms with van der Waals surface area (Å²) in [5.41, 5.74) is 4.11. The molecule has 1 atom stereocenters. The second kappa shape index (κ2) is 8.65. The van der Waals surface area contributed by atoms with Crippen LogP contribution in [0.15, 0.2) is 48.5 Å². The van der Waals surface area contributed by atoms with Crippen LogP contribution in [0.3, 0.4) is 0 Å². The van der Waals surface area contributed by atoms with E-state index in [1.807, 2.05) is 55.5 Å². The number of amides is 1. The molecule has 2 N–H and O–H groups in total. The summed E-state index contributed by atoms with van der Waals surface area (Å²) in [5, 5.41) is 12.2. The molecule has 0 bridgehead atoms. The number of ketones is 1. The molecular weight excluding hydrogens is 354 g/mol. The van der Waals surface area contributed by atoms with Gasteiger partial charge < -0.3 is 10.4 Å². The molecule has 2 aromatic carbocycles. The average Bonchev–Trinajstić information content (AvgIpc) is 3.17. The van der Waals surface area contributed by atoms with E-state index in [0.717, 1.165) is 28.7 Å². The Hall–Kier alpha value is -3.21. The van der Waals surface area contributed by atoms with E-state index < -0.39 is 12.0 Å². The first kappa shape index (κ1) is 19.5. The zero-order chi connectivity index (χ0) is 20.1. The molecule has 0 radical (unpaired) electrons. The lowest BCUT2D eigenvalue weighted by atomic mass is 10.00. The molecule has 28 heavy (non-hydrogen) atoms. The number of aliphatic carboxylic acids is 1. The van der Waals surface area contributed by atoms with Crippen LogP contribution < -0.4 is 5.32 Å². The predicted molar refractivity (Wildman–Crippen MR) is 107 cm³/mol. The normalized spacial score (nSPS) is 13.0. The standard InChI is InChI=1S/C23H23NO4/c1-2-18(25)13-15-9-11-16(12-10-15)14-21(23(27)28)24-22(26)20-8-4-6-17-5-3-7-19(17)20/h3-4,6-12,21H,2,5,13-14H2,1H3,(H,24,26)(H,27,28)/t21-/m1/s1. The number of hydrogen-bond donors (Lipinski definition) is 2. The number of fused-ring (bicyclic) bond motifs is 1. The highest BCUT2D eigenvalue weighted by molar-refractivity contribution is 6.00. The van der Waals surface area contributed by atoms with E-state index in [1.54, 1.807) is 6.07 Å². The van der Waals surface area contributed by atoms with Crippen LogP contribution in [0.5, 0.6) is 0 Å². The number of carboxylic acid groups (broad SMARTS) is 1. The van der Waals surface area contributed by atoms with Crippen LogP contribution in [0.25, 0.3) is 6.08 Å². The van der Waals surface area contributed by atoms with Gasteiger partial charge in [0.1, 0.15) is 11.8 Å². The molecule has 2 aromatic rings. The number of carboxylic acids is 1. The summed E-state index contributed by atoms with van der Waals surface area (Å²) in [6.45, 7) is 1.83. The maximum Gasteiger partial charge on any atom is 0.326 e. The number of benzene rings is 2. The van der Waals surface area contributed by atoms with Gasteiger partial charge in [-0.15, -0.1) is 0 Å². The third-order valence-corrected chi connectivity index (χ3v) is 4.93. The van der Waals surface area contributed by atoms with Crippen LogP contribution in [0.1, 0.15) is 46.0 Å². The Bertz CT molecular complexity index is 928. The molecule has 5 heteroatoms. The van der Waals surface area contributed by atoms with Gasteiger partial charge in [-0.25, -0.2) is 4.79 Å². The molecule has 0 unspecified atom stereocenters. The van der Waals surface area contributed by atoms with E-state index in [9.17, 15) is 19.5 Å². The van der Waals surface area contributed by atoms with Gasteiger partial charge in [-0.2, -0.15) is 0 Å². The molecule has 1 aliphatic carbocycles. The monoisotopic (exact) mass is 377 g/mol. The van der Waals surface area contributed by atoms with Gasteiger partial charge in [0.15, 0.2) is 0 Å². The number of carbonyl (C=O) groups is 3. The van der Waals surface area contributed by atoms with Crippen molar-refractivity contribution in [1.82, 2.24) is 5.32 Å². The first-order valence-corrected chi connectivity index (χ1v) is 9.39. The van der Waals surface area contributed by atoms with E-state index in [1.165, 1.54) is 0 Å². The zero-order valence-corrected chi connectivity index (χ0v) is 15.8. The number of hydrogen-bond acceptors (Lipinski definition) is 3. The molecule has 0 aromatic heterocycles. The molecule has 5 nitrogen and oxygen atoms in total. The molecule has 0 fully saturated rings. The highest BCUT2D eigenvalue weighted by Crippen LogP contribution is 2.23. The van der Waals surface area contributed by atoms with Crippen LogP contribution in [-0.2, 0) is 28.9 Å². The second-order valence-corrected chi connectivity index (χ2v) is 6.94. The van der Waals surface area contributed by atoms with Crippen molar-refractivity contribution in [1.29, 1.82) is 0 Å². The summed E-state index contributed by atoms with van der Waals surface area (Å²) in [5.74, 6) is -1.31. The Balaban J connectivity index is 1.70. The first-order valence-electron chi connectivity index (χ1n) is 9.39. The van der Waals surface area contributed by atoms with Crippen molar-refractivity contribution in [3.05, 3.63) is 76.4 Å². The smallest absolute Gasteiger partial charge is 0.326 e. The average molecular weight is 377 g/mol. The topological polar surface area (TPSA) is 83.5 Å². The number of Topliss-reactive ketones (excluding diaryl/α,β-unsaturated/α-hetero) is 1. The number of allylic oxidation sites excluding steroid dienone is 1. The predicted octanol–water partition coefficient (Wildman–Crippen LogP) is 3.20. The fraction of sp³-hybridized carbons (Fsp3) is 0.261. The lowest BCUT2D eigenvalue weighted by molar-refractivity contribution is -0.139. The molecule has 1 amide bonds. The molecule has 1 aliphatic rings. The largest absolute Gasteiger partial charge is 0.480 e. The Labute approximate surface area is 164 Å². The summed E-state index contributed by atoms with van der Waals surface area (Å²) in [4.78, 5) is 35.9. The van der Waals surface area contributed by atoms with Gasteiger partial charge in [-0.3, -0.25) is 9.59 Å². The lowest BCUT2D eigenvalue weighted by Crippen LogP contribution is -2.42. The third-order valence-electron chi connectivity index (χ3n) is 4.93. The van der Waals surface area contributed by atoms with E-state index in [2.05, 4.69) is 5.32 Å². The molecule has 0 saturated heterocycles. The van der Waals surface area contributed by atoms with Gasteiger partial charge >= 0.3 is 5.97 Å². The summed E-state index contributed by atoms with van der Waals surface area (Å²) in [7, 11) is 0. The molecule has 0 aliphatic heterocycles. The fourth-order valence-electron chi connectivity index (χ4n) is 3.31. The molecule has 144 valence electrons. The van der Waals surface area contributed by atoms with Crippen molar-refractivity contribution in [3.63, 3.8) is 0 Å². The number of carbonyl (C=O) groups excluding carboxylic acids is 2. The van der Waals surface area contributed by atoms with Crippen molar-refractivity contribution in [2.24, 2.45) is 0 Å². The number of rotatable bonds is 8. The van der Waals surface area contributed by atoms with Crippen LogP contribution in [0.2, 0.25) is 0 Å². The summed E-state index contributed by atoms with van der Waals surface area (Å²) >= 11 is 0. The SMILES string of the molecule is CCC(=O)Cc1ccc(C[C@@H](NC(=O)c2cccc3c2C=CC3)C(=O)O)cc1. The van der Waals surface area contributed by atoms with Crippen molar-refractivity contribution in [2.45, 2.75) is 38.6 Å². The quantitative estimate of drug-likeness (QED) is 0.740. The number of nitrogens with one attached hydrogen (secondary N) is 1. The molecule has 0 spiro atoms. The summed E-state index contributed by atoms with van der Waals surface area (Å²) in [6.07, 6.45) is 5.71. The van der Waals surface area contributed by atoms with E-state index in [4.69, 9.17) is 0 Å². The minimum Gasteiger partial charge on any atom is -0.480 e. The molecule has 0 saturated carbocycles. The third kappa shape index (κ3) is 4.55. The van der Waals surface area contributed by atoms with Crippen molar-refractivity contribution in [3.8, 4) is 0 Å². The summed E-state index contributed by atoms with van der Waals surface area (Å²) in [6, 6.07) is 11.7. The van der Waals surface area contributed by atoms with Crippen LogP contribution in [0.4, 0.5) is 0 Å². The van der Waals surface area contributed by atoms with Gasteiger partial charge in [0.2, 0.25) is 0 Å². The van der Waals surface area contributed by atoms with Crippen LogP contribution in [-0.4, -0.2) is 28.8 Å². The Morgan fingerprint density at radius 3 is 2.46 bits per heavy atom. The van der Waals surface area contributed by atoms with Crippen molar-refractivity contribution < 1.29 is 19.5 Å². The minimum absolute atomic E-state index is 0.160. The first-order chi connectivity index (χ1) is 13.5. The fourth-order valence-corrected chi connectivity index (χ4v) is 3.31. The van der Waals surface area contributed by atoms with Gasteiger partial charge in [0.25, 0.3) is 5.91 Å². The molecular formula is C23H23NO4. The summed E-state index contributed by atoms with van der Waals surface area (Å²) < 4.78 is 0. The van der Waals surface area contributed by atoms with Gasteiger partial charge in [-0.05, 0) is 34.7 Å². The van der Waals surface area contributed by atoms with Gasteiger partial charge in [0.05, 0.1) is 0 Å². The van der Waals surface area contributed by atoms with Crippen LogP contribution in [0, 0.1) is 0 Å². The van der Waals surface area contributed by atoms with Gasteiger partial charge in [0, 0.05) is 24.8 Å². The highest BCUT2D eigenvalue weighted by Gasteiger charge is 2.23. The molecule has 0 heterocycles. The zero-order valence-electron chi connectivity index (χ0n) is 15.8. The maximum atomic E-state index is 12.7. The minimum atomic E-state index is -1.08. The van der Waals surface area contributed by atoms with Crippen molar-refractivity contribution >= 4 is 23.7 Å². The highest BCUT2D eigenvalue weighted by atomic mass is 16.4. The molecule has 3 rings (SSSR count). The maximum absolute atomic E-state index is 12.7. The van der Waals surface area contributed by atoms with E-state index >= 15 is 0 Å².